The molecule has 10 heteroatoms. The van der Waals surface area contributed by atoms with E-state index in [-0.39, 0.29) is 22.7 Å². The average molecular weight is 414 g/mol. The molecule has 0 fully saturated rings. The predicted molar refractivity (Wildman–Crippen MR) is 99.1 cm³/mol. The molecule has 0 aliphatic heterocycles. The van der Waals surface area contributed by atoms with Crippen molar-refractivity contribution in [2.75, 3.05) is 11.1 Å². The molecular formula is C13H12BrN5O2S2. The molecule has 1 aromatic carbocycles. The van der Waals surface area contributed by atoms with Crippen LogP contribution in [0, 0.1) is 17.0 Å². The summed E-state index contributed by atoms with van der Waals surface area (Å²) in [5.41, 5.74) is 7.99. The zero-order chi connectivity index (χ0) is 15.7. The van der Waals surface area contributed by atoms with Gasteiger partial charge in [-0.3, -0.25) is 10.1 Å². The predicted octanol–water partition coefficient (Wildman–Crippen LogP) is 4.39. The SMILES string of the molecule is Br.Cc1nc(N)sc1-c1csc(Nc2cccc([N+](=O)[O-])c2)n1. The van der Waals surface area contributed by atoms with Gasteiger partial charge in [0.25, 0.3) is 5.69 Å². The molecule has 0 amide bonds. The molecule has 0 unspecified atom stereocenters. The number of thiazole rings is 2. The van der Waals surface area contributed by atoms with Crippen LogP contribution in [-0.2, 0) is 0 Å². The summed E-state index contributed by atoms with van der Waals surface area (Å²) in [6.07, 6.45) is 0. The standard InChI is InChI=1S/C13H11N5O2S2.BrH/c1-7-11(22-12(14)15-7)10-6-21-13(17-10)16-8-3-2-4-9(5-8)18(19)20;/h2-6H,1H3,(H2,14,15)(H,16,17);1H. The second-order valence-corrected chi connectivity index (χ2v) is 6.33. The lowest BCUT2D eigenvalue weighted by Gasteiger charge is -2.01. The highest BCUT2D eigenvalue weighted by Crippen LogP contribution is 2.34. The molecule has 0 aliphatic rings. The molecule has 2 aromatic heterocycles. The Morgan fingerprint density at radius 3 is 2.78 bits per heavy atom. The van der Waals surface area contributed by atoms with Gasteiger partial charge < -0.3 is 11.1 Å². The van der Waals surface area contributed by atoms with Gasteiger partial charge in [0.15, 0.2) is 10.3 Å². The van der Waals surface area contributed by atoms with Crippen LogP contribution in [0.25, 0.3) is 10.6 Å². The van der Waals surface area contributed by atoms with Gasteiger partial charge in [-0.15, -0.1) is 28.3 Å². The summed E-state index contributed by atoms with van der Waals surface area (Å²) in [4.78, 5) is 19.9. The monoisotopic (exact) mass is 413 g/mol. The maximum atomic E-state index is 10.8. The lowest BCUT2D eigenvalue weighted by molar-refractivity contribution is -0.384. The molecule has 3 N–H and O–H groups in total. The second-order valence-electron chi connectivity index (χ2n) is 4.44. The second kappa shape index (κ2) is 7.02. The summed E-state index contributed by atoms with van der Waals surface area (Å²) in [6, 6.07) is 6.30. The Bertz CT molecular complexity index is 849. The normalized spacial score (nSPS) is 10.1. The van der Waals surface area contributed by atoms with E-state index in [0.717, 1.165) is 16.3 Å². The number of non-ortho nitro benzene ring substituents is 1. The van der Waals surface area contributed by atoms with Crippen molar-refractivity contribution in [2.45, 2.75) is 6.92 Å². The number of rotatable bonds is 4. The lowest BCUT2D eigenvalue weighted by atomic mass is 10.3. The molecular weight excluding hydrogens is 402 g/mol. The van der Waals surface area contributed by atoms with Gasteiger partial charge in [-0.25, -0.2) is 9.97 Å². The minimum atomic E-state index is -0.429. The van der Waals surface area contributed by atoms with Gasteiger partial charge in [0.1, 0.15) is 0 Å². The van der Waals surface area contributed by atoms with Crippen LogP contribution in [0.15, 0.2) is 29.6 Å². The van der Waals surface area contributed by atoms with Crippen molar-refractivity contribution in [1.29, 1.82) is 0 Å². The maximum Gasteiger partial charge on any atom is 0.271 e. The third kappa shape index (κ3) is 3.84. The van der Waals surface area contributed by atoms with E-state index in [4.69, 9.17) is 5.73 Å². The molecule has 0 bridgehead atoms. The number of nitro benzene ring substituents is 1. The molecule has 3 aromatic rings. The zero-order valence-corrected chi connectivity index (χ0v) is 15.2. The summed E-state index contributed by atoms with van der Waals surface area (Å²) >= 11 is 2.80. The van der Waals surface area contributed by atoms with Crippen molar-refractivity contribution in [3.8, 4) is 10.6 Å². The van der Waals surface area contributed by atoms with E-state index in [1.807, 2.05) is 12.3 Å². The van der Waals surface area contributed by atoms with E-state index in [1.54, 1.807) is 12.1 Å². The molecule has 23 heavy (non-hydrogen) atoms. The van der Waals surface area contributed by atoms with Gasteiger partial charge in [0, 0.05) is 23.2 Å². The van der Waals surface area contributed by atoms with Gasteiger partial charge in [0.2, 0.25) is 0 Å². The first-order valence-electron chi connectivity index (χ1n) is 6.23. The van der Waals surface area contributed by atoms with Crippen LogP contribution >= 0.6 is 39.7 Å². The van der Waals surface area contributed by atoms with E-state index in [1.165, 1.54) is 34.8 Å². The maximum absolute atomic E-state index is 10.8. The molecule has 7 nitrogen and oxygen atoms in total. The summed E-state index contributed by atoms with van der Waals surface area (Å²) < 4.78 is 0. The lowest BCUT2D eigenvalue weighted by Crippen LogP contribution is -1.92. The summed E-state index contributed by atoms with van der Waals surface area (Å²) in [6.45, 7) is 1.88. The number of nitrogens with two attached hydrogens (primary N) is 1. The molecule has 0 aliphatic carbocycles. The van der Waals surface area contributed by atoms with Crippen LogP contribution in [0.1, 0.15) is 5.69 Å². The number of anilines is 3. The van der Waals surface area contributed by atoms with Gasteiger partial charge in [0.05, 0.1) is 21.2 Å². The highest BCUT2D eigenvalue weighted by molar-refractivity contribution is 8.93. The van der Waals surface area contributed by atoms with E-state index in [2.05, 4.69) is 15.3 Å². The van der Waals surface area contributed by atoms with Crippen LogP contribution in [0.2, 0.25) is 0 Å². The minimum Gasteiger partial charge on any atom is -0.375 e. The number of benzene rings is 1. The fourth-order valence-electron chi connectivity index (χ4n) is 1.91. The molecule has 0 spiro atoms. The summed E-state index contributed by atoms with van der Waals surface area (Å²) in [5.74, 6) is 0. The Balaban J connectivity index is 0.00000192. The number of aromatic nitrogens is 2. The van der Waals surface area contributed by atoms with Crippen LogP contribution < -0.4 is 11.1 Å². The largest absolute Gasteiger partial charge is 0.375 e. The number of hydrogen-bond donors (Lipinski definition) is 2. The molecule has 0 saturated heterocycles. The molecule has 3 rings (SSSR count). The fourth-order valence-corrected chi connectivity index (χ4v) is 3.50. The number of nitro groups is 1. The van der Waals surface area contributed by atoms with Crippen molar-refractivity contribution < 1.29 is 4.92 Å². The molecule has 0 saturated carbocycles. The van der Waals surface area contributed by atoms with Gasteiger partial charge in [-0.1, -0.05) is 17.4 Å². The van der Waals surface area contributed by atoms with Crippen LogP contribution in [-0.4, -0.2) is 14.9 Å². The van der Waals surface area contributed by atoms with Crippen LogP contribution in [0.3, 0.4) is 0 Å². The number of aryl methyl sites for hydroxylation is 1. The Labute approximate surface area is 150 Å². The number of hydrogen-bond acceptors (Lipinski definition) is 8. The van der Waals surface area contributed by atoms with Crippen molar-refractivity contribution in [3.63, 3.8) is 0 Å². The molecule has 2 heterocycles. The number of nitrogens with zero attached hydrogens (tertiary/aromatic N) is 3. The molecule has 0 atom stereocenters. The Morgan fingerprint density at radius 1 is 1.35 bits per heavy atom. The van der Waals surface area contributed by atoms with Crippen LogP contribution in [0.4, 0.5) is 21.6 Å². The first-order chi connectivity index (χ1) is 10.5. The van der Waals surface area contributed by atoms with E-state index >= 15 is 0 Å². The topological polar surface area (TPSA) is 107 Å². The number of nitrogen functional groups attached to an aromatic ring is 1. The first-order valence-corrected chi connectivity index (χ1v) is 7.93. The number of nitrogens with one attached hydrogen (secondary N) is 1. The van der Waals surface area contributed by atoms with Crippen molar-refractivity contribution in [2.24, 2.45) is 0 Å². The Hall–Kier alpha value is -2.04. The van der Waals surface area contributed by atoms with Gasteiger partial charge in [-0.2, -0.15) is 0 Å². The Morgan fingerprint density at radius 2 is 2.13 bits per heavy atom. The summed E-state index contributed by atoms with van der Waals surface area (Å²) in [5, 5.41) is 16.9. The highest BCUT2D eigenvalue weighted by atomic mass is 79.9. The van der Waals surface area contributed by atoms with Crippen molar-refractivity contribution >= 4 is 61.3 Å². The van der Waals surface area contributed by atoms with Crippen molar-refractivity contribution in [1.82, 2.24) is 9.97 Å². The van der Waals surface area contributed by atoms with Gasteiger partial charge >= 0.3 is 0 Å². The Kier molecular flexibility index (Phi) is 5.29. The highest BCUT2D eigenvalue weighted by Gasteiger charge is 2.12. The third-order valence-corrected chi connectivity index (χ3v) is 4.63. The third-order valence-electron chi connectivity index (χ3n) is 2.86. The quantitative estimate of drug-likeness (QED) is 0.485. The molecule has 120 valence electrons. The zero-order valence-electron chi connectivity index (χ0n) is 11.8. The first kappa shape index (κ1) is 17.3. The smallest absolute Gasteiger partial charge is 0.271 e. The van der Waals surface area contributed by atoms with E-state index in [9.17, 15) is 10.1 Å². The van der Waals surface area contributed by atoms with Crippen LogP contribution in [0.5, 0.6) is 0 Å². The van der Waals surface area contributed by atoms with E-state index < -0.39 is 4.92 Å². The summed E-state index contributed by atoms with van der Waals surface area (Å²) in [7, 11) is 0. The van der Waals surface area contributed by atoms with Gasteiger partial charge in [-0.05, 0) is 13.0 Å². The fraction of sp³-hybridized carbons (Fsp3) is 0.0769. The molecule has 0 radical (unpaired) electrons. The van der Waals surface area contributed by atoms with E-state index in [0.29, 0.717) is 16.0 Å². The minimum absolute atomic E-state index is 0. The average Bonchev–Trinajstić information content (AvgIpc) is 3.05. The van der Waals surface area contributed by atoms with Crippen molar-refractivity contribution in [3.05, 3.63) is 45.5 Å². The number of halogens is 1.